The number of aromatic amines is 1. The molecule has 0 amide bonds. The lowest BCUT2D eigenvalue weighted by atomic mass is 9.84. The van der Waals surface area contributed by atoms with E-state index in [2.05, 4.69) is 57.9 Å². The first-order valence-corrected chi connectivity index (χ1v) is 11.2. The van der Waals surface area contributed by atoms with E-state index in [0.717, 1.165) is 43.3 Å². The Bertz CT molecular complexity index is 895. The van der Waals surface area contributed by atoms with Crippen LogP contribution in [0, 0.1) is 0 Å². The summed E-state index contributed by atoms with van der Waals surface area (Å²) in [4.78, 5) is 9.85. The highest BCUT2D eigenvalue weighted by Gasteiger charge is 2.38. The molecule has 1 saturated heterocycles. The molecule has 0 spiro atoms. The van der Waals surface area contributed by atoms with Crippen LogP contribution in [0.1, 0.15) is 23.3 Å². The van der Waals surface area contributed by atoms with Gasteiger partial charge < -0.3 is 15.2 Å². The van der Waals surface area contributed by atoms with Crippen LogP contribution in [-0.4, -0.2) is 55.1 Å². The van der Waals surface area contributed by atoms with Crippen molar-refractivity contribution in [3.05, 3.63) is 57.4 Å². The third kappa shape index (κ3) is 4.00. The molecule has 0 saturated carbocycles. The number of nitrogens with zero attached hydrogens (tertiary/aromatic N) is 2. The summed E-state index contributed by atoms with van der Waals surface area (Å²) >= 11 is 8.04. The quantitative estimate of drug-likeness (QED) is 0.555. The summed E-state index contributed by atoms with van der Waals surface area (Å²) in [6.07, 6.45) is 4.48. The first-order chi connectivity index (χ1) is 13.6. The third-order valence-corrected chi connectivity index (χ3v) is 7.47. The first kappa shape index (κ1) is 19.9. The minimum Gasteiger partial charge on any atom is -0.361 e. The van der Waals surface area contributed by atoms with Crippen molar-refractivity contribution in [1.29, 1.82) is 0 Å². The zero-order chi connectivity index (χ0) is 19.6. The van der Waals surface area contributed by atoms with E-state index in [1.165, 1.54) is 28.7 Å². The average Bonchev–Trinajstić information content (AvgIpc) is 3.36. The van der Waals surface area contributed by atoms with E-state index >= 15 is 0 Å². The smallest absolute Gasteiger partial charge is 0.0573 e. The molecule has 1 fully saturated rings. The van der Waals surface area contributed by atoms with Crippen molar-refractivity contribution in [2.24, 2.45) is 0 Å². The molecular weight excluding hydrogens is 388 g/mol. The van der Waals surface area contributed by atoms with E-state index in [0.29, 0.717) is 0 Å². The molecule has 150 valence electrons. The molecule has 2 aromatic heterocycles. The maximum Gasteiger partial charge on any atom is 0.0573 e. The lowest BCUT2D eigenvalue weighted by Gasteiger charge is -2.45. The minimum atomic E-state index is 0.210. The van der Waals surface area contributed by atoms with E-state index in [-0.39, 0.29) is 5.54 Å². The van der Waals surface area contributed by atoms with E-state index < -0.39 is 0 Å². The average molecular weight is 417 g/mol. The summed E-state index contributed by atoms with van der Waals surface area (Å²) in [5.74, 6) is 0. The fourth-order valence-electron chi connectivity index (χ4n) is 4.36. The number of halogens is 1. The van der Waals surface area contributed by atoms with Crippen molar-refractivity contribution >= 4 is 33.8 Å². The fraction of sp³-hybridized carbons (Fsp3) is 0.455. The van der Waals surface area contributed by atoms with Crippen molar-refractivity contribution < 1.29 is 0 Å². The molecule has 6 heteroatoms. The maximum atomic E-state index is 6.15. The highest BCUT2D eigenvalue weighted by Crippen LogP contribution is 2.39. The van der Waals surface area contributed by atoms with Gasteiger partial charge in [0.1, 0.15) is 0 Å². The summed E-state index contributed by atoms with van der Waals surface area (Å²) in [6, 6.07) is 10.5. The molecule has 0 atom stereocenters. The fourth-order valence-corrected chi connectivity index (χ4v) is 5.60. The molecule has 0 aliphatic carbocycles. The number of piperidine rings is 1. The second-order valence-electron chi connectivity index (χ2n) is 7.93. The number of rotatable bonds is 7. The normalized spacial score (nSPS) is 17.6. The van der Waals surface area contributed by atoms with Crippen LogP contribution in [0.15, 0.2) is 41.9 Å². The molecule has 28 heavy (non-hydrogen) atoms. The predicted octanol–water partition coefficient (Wildman–Crippen LogP) is 4.53. The molecule has 3 aromatic rings. The summed E-state index contributed by atoms with van der Waals surface area (Å²) in [5.41, 5.74) is 2.63. The number of H-pyrrole nitrogens is 1. The van der Waals surface area contributed by atoms with Gasteiger partial charge in [0.2, 0.25) is 0 Å². The van der Waals surface area contributed by atoms with Crippen LogP contribution in [0.25, 0.3) is 10.9 Å². The molecule has 4 nitrogen and oxygen atoms in total. The molecule has 2 N–H and O–H groups in total. The minimum absolute atomic E-state index is 0.210. The lowest BCUT2D eigenvalue weighted by Crippen LogP contribution is -2.50. The number of benzene rings is 1. The Morgan fingerprint density at radius 3 is 2.79 bits per heavy atom. The van der Waals surface area contributed by atoms with Gasteiger partial charge in [0.25, 0.3) is 0 Å². The van der Waals surface area contributed by atoms with Gasteiger partial charge in [-0.3, -0.25) is 4.90 Å². The molecule has 4 rings (SSSR count). The highest BCUT2D eigenvalue weighted by molar-refractivity contribution is 7.10. The largest absolute Gasteiger partial charge is 0.361 e. The molecule has 0 bridgehead atoms. The van der Waals surface area contributed by atoms with E-state index in [4.69, 9.17) is 11.6 Å². The van der Waals surface area contributed by atoms with Gasteiger partial charge in [0.05, 0.1) is 5.54 Å². The standard InChI is InChI=1S/C22H29ClN4S/c1-26(2)22(21-4-3-13-28-21)7-10-27(11-8-22)12-9-24-15-17-16-25-20-6-5-18(23)14-19(17)20/h3-6,13-14,16,24-25H,7-12,15H2,1-2H3. The summed E-state index contributed by atoms with van der Waals surface area (Å²) < 4.78 is 0. The molecular formula is C22H29ClN4S. The lowest BCUT2D eigenvalue weighted by molar-refractivity contribution is 0.0571. The summed E-state index contributed by atoms with van der Waals surface area (Å²) in [7, 11) is 4.45. The summed E-state index contributed by atoms with van der Waals surface area (Å²) in [6.45, 7) is 5.27. The van der Waals surface area contributed by atoms with Crippen LogP contribution in [-0.2, 0) is 12.1 Å². The van der Waals surface area contributed by atoms with Crippen LogP contribution in [0.3, 0.4) is 0 Å². The Balaban J connectivity index is 1.27. The Labute approximate surface area is 176 Å². The van der Waals surface area contributed by atoms with Crippen molar-refractivity contribution in [2.75, 3.05) is 40.3 Å². The monoisotopic (exact) mass is 416 g/mol. The zero-order valence-corrected chi connectivity index (χ0v) is 18.2. The SMILES string of the molecule is CN(C)C1(c2cccs2)CCN(CCNCc2c[nH]c3ccc(Cl)cc23)CC1. The van der Waals surface area contributed by atoms with E-state index in [1.807, 2.05) is 29.5 Å². The number of fused-ring (bicyclic) bond motifs is 1. The van der Waals surface area contributed by atoms with Crippen molar-refractivity contribution in [1.82, 2.24) is 20.1 Å². The van der Waals surface area contributed by atoms with Gasteiger partial charge in [-0.1, -0.05) is 17.7 Å². The van der Waals surface area contributed by atoms with Gasteiger partial charge in [-0.25, -0.2) is 0 Å². The maximum absolute atomic E-state index is 6.15. The van der Waals surface area contributed by atoms with Gasteiger partial charge >= 0.3 is 0 Å². The van der Waals surface area contributed by atoms with E-state index in [9.17, 15) is 0 Å². The molecule has 3 heterocycles. The van der Waals surface area contributed by atoms with Crippen molar-refractivity contribution in [3.63, 3.8) is 0 Å². The third-order valence-electron chi connectivity index (χ3n) is 6.17. The zero-order valence-electron chi connectivity index (χ0n) is 16.7. The first-order valence-electron chi connectivity index (χ1n) is 9.98. The Kier molecular flexibility index (Phi) is 6.09. The molecule has 1 aliphatic heterocycles. The second kappa shape index (κ2) is 8.56. The second-order valence-corrected chi connectivity index (χ2v) is 9.31. The number of likely N-dealkylation sites (tertiary alicyclic amines) is 1. The number of hydrogen-bond acceptors (Lipinski definition) is 4. The highest BCUT2D eigenvalue weighted by atomic mass is 35.5. The number of hydrogen-bond donors (Lipinski definition) is 2. The number of nitrogens with one attached hydrogen (secondary N) is 2. The number of thiophene rings is 1. The summed E-state index contributed by atoms with van der Waals surface area (Å²) in [5, 5.41) is 7.81. The van der Waals surface area contributed by atoms with Gasteiger partial charge in [0.15, 0.2) is 0 Å². The number of aromatic nitrogens is 1. The molecule has 0 radical (unpaired) electrons. The topological polar surface area (TPSA) is 34.3 Å². The molecule has 0 unspecified atom stereocenters. The van der Waals surface area contributed by atoms with Gasteiger partial charge in [-0.15, -0.1) is 11.3 Å². The van der Waals surface area contributed by atoms with Crippen molar-refractivity contribution in [2.45, 2.75) is 24.9 Å². The molecule has 1 aliphatic rings. The van der Waals surface area contributed by atoms with Crippen LogP contribution in [0.5, 0.6) is 0 Å². The van der Waals surface area contributed by atoms with Crippen LogP contribution >= 0.6 is 22.9 Å². The van der Waals surface area contributed by atoms with Crippen LogP contribution in [0.4, 0.5) is 0 Å². The predicted molar refractivity (Wildman–Crippen MR) is 120 cm³/mol. The Morgan fingerprint density at radius 2 is 2.07 bits per heavy atom. The Morgan fingerprint density at radius 1 is 1.25 bits per heavy atom. The van der Waals surface area contributed by atoms with Gasteiger partial charge in [-0.05, 0) is 62.1 Å². The van der Waals surface area contributed by atoms with E-state index in [1.54, 1.807) is 0 Å². The molecule has 1 aromatic carbocycles. The van der Waals surface area contributed by atoms with Gasteiger partial charge in [-0.2, -0.15) is 0 Å². The van der Waals surface area contributed by atoms with Crippen LogP contribution in [0.2, 0.25) is 5.02 Å². The van der Waals surface area contributed by atoms with Crippen molar-refractivity contribution in [3.8, 4) is 0 Å². The Hall–Kier alpha value is -1.37. The van der Waals surface area contributed by atoms with Gasteiger partial charge in [0, 0.05) is 59.7 Å². The van der Waals surface area contributed by atoms with Crippen LogP contribution < -0.4 is 5.32 Å².